The molecule has 5 nitrogen and oxygen atoms in total. The number of hydrogen-bond donors (Lipinski definition) is 2. The number of aliphatic imine (C=N–C) groups is 1. The van der Waals surface area contributed by atoms with Gasteiger partial charge in [-0.05, 0) is 24.1 Å². The van der Waals surface area contributed by atoms with Crippen molar-refractivity contribution in [3.05, 3.63) is 29.6 Å². The molecule has 0 aromatic heterocycles. The fourth-order valence-electron chi connectivity index (χ4n) is 2.34. The van der Waals surface area contributed by atoms with Crippen molar-refractivity contribution in [3.63, 3.8) is 0 Å². The van der Waals surface area contributed by atoms with Crippen LogP contribution in [0.25, 0.3) is 0 Å². The van der Waals surface area contributed by atoms with Gasteiger partial charge in [0.1, 0.15) is 5.82 Å². The van der Waals surface area contributed by atoms with Gasteiger partial charge in [-0.3, -0.25) is 0 Å². The van der Waals surface area contributed by atoms with Gasteiger partial charge >= 0.3 is 0 Å². The van der Waals surface area contributed by atoms with Gasteiger partial charge in [0, 0.05) is 19.6 Å². The van der Waals surface area contributed by atoms with Crippen molar-refractivity contribution in [2.45, 2.75) is 26.3 Å². The Labute approximate surface area is 131 Å². The normalized spacial score (nSPS) is 15.9. The lowest BCUT2D eigenvalue weighted by Crippen LogP contribution is -2.36. The summed E-state index contributed by atoms with van der Waals surface area (Å²) in [5.74, 6) is 0.193. The summed E-state index contributed by atoms with van der Waals surface area (Å²) in [5, 5.41) is 3.04. The molecule has 0 bridgehead atoms. The molecule has 0 radical (unpaired) electrons. The van der Waals surface area contributed by atoms with Crippen molar-refractivity contribution in [1.29, 1.82) is 0 Å². The van der Waals surface area contributed by atoms with Gasteiger partial charge in [0.05, 0.1) is 25.4 Å². The van der Waals surface area contributed by atoms with E-state index >= 15 is 0 Å². The Hall–Kier alpha value is -1.82. The fourth-order valence-corrected chi connectivity index (χ4v) is 2.34. The summed E-state index contributed by atoms with van der Waals surface area (Å²) in [4.78, 5) is 6.24. The standard InChI is InChI=1S/C16H25FN4O/c1-2-3-6-19-16(18)20-12-13-4-5-15(14(17)11-13)21-7-9-22-10-8-21/h4-5,11H,2-3,6-10,12H2,1H3,(H3,18,19,20). The van der Waals surface area contributed by atoms with Crippen molar-refractivity contribution in [1.82, 2.24) is 5.32 Å². The van der Waals surface area contributed by atoms with Crippen LogP contribution in [0.3, 0.4) is 0 Å². The first-order chi connectivity index (χ1) is 10.7. The fraction of sp³-hybridized carbons (Fsp3) is 0.562. The topological polar surface area (TPSA) is 62.9 Å². The second-order valence-electron chi connectivity index (χ2n) is 5.37. The number of morpholine rings is 1. The quantitative estimate of drug-likeness (QED) is 0.478. The molecular formula is C16H25FN4O. The molecule has 1 aromatic carbocycles. The molecule has 1 saturated heterocycles. The van der Waals surface area contributed by atoms with Gasteiger partial charge in [-0.2, -0.15) is 0 Å². The number of ether oxygens (including phenoxy) is 1. The highest BCUT2D eigenvalue weighted by molar-refractivity contribution is 5.77. The number of rotatable bonds is 6. The number of halogens is 1. The molecule has 0 aliphatic carbocycles. The Morgan fingerprint density at radius 2 is 2.18 bits per heavy atom. The lowest BCUT2D eigenvalue weighted by Gasteiger charge is -2.29. The minimum atomic E-state index is -0.216. The Kier molecular flexibility index (Phi) is 6.45. The van der Waals surface area contributed by atoms with Crippen molar-refractivity contribution < 1.29 is 9.13 Å². The summed E-state index contributed by atoms with van der Waals surface area (Å²) in [6.45, 7) is 6.05. The number of nitrogens with zero attached hydrogens (tertiary/aromatic N) is 2. The molecule has 1 heterocycles. The Morgan fingerprint density at radius 3 is 2.86 bits per heavy atom. The minimum absolute atomic E-state index is 0.216. The third kappa shape index (κ3) is 4.87. The molecule has 1 aliphatic heterocycles. The molecule has 3 N–H and O–H groups in total. The molecule has 1 fully saturated rings. The molecule has 0 unspecified atom stereocenters. The second-order valence-corrected chi connectivity index (χ2v) is 5.37. The van der Waals surface area contributed by atoms with E-state index < -0.39 is 0 Å². The summed E-state index contributed by atoms with van der Waals surface area (Å²) in [6, 6.07) is 5.25. The number of guanidine groups is 1. The summed E-state index contributed by atoms with van der Waals surface area (Å²) >= 11 is 0. The zero-order valence-electron chi connectivity index (χ0n) is 13.1. The number of nitrogens with two attached hydrogens (primary N) is 1. The first kappa shape index (κ1) is 16.5. The molecule has 122 valence electrons. The van der Waals surface area contributed by atoms with Crippen LogP contribution >= 0.6 is 0 Å². The van der Waals surface area contributed by atoms with E-state index in [1.165, 1.54) is 6.07 Å². The molecule has 1 aromatic rings. The second kappa shape index (κ2) is 8.58. The summed E-state index contributed by atoms with van der Waals surface area (Å²) in [6.07, 6.45) is 2.16. The lowest BCUT2D eigenvalue weighted by molar-refractivity contribution is 0.122. The average molecular weight is 308 g/mol. The van der Waals surface area contributed by atoms with Gasteiger partial charge in [0.25, 0.3) is 0 Å². The molecule has 2 rings (SSSR count). The monoisotopic (exact) mass is 308 g/mol. The van der Waals surface area contributed by atoms with Crippen LogP contribution in [0.15, 0.2) is 23.2 Å². The van der Waals surface area contributed by atoms with Gasteiger partial charge in [0.2, 0.25) is 0 Å². The van der Waals surface area contributed by atoms with E-state index in [1.807, 2.05) is 17.0 Å². The van der Waals surface area contributed by atoms with Crippen molar-refractivity contribution >= 4 is 11.6 Å². The van der Waals surface area contributed by atoms with E-state index in [0.717, 1.165) is 38.0 Å². The number of unbranched alkanes of at least 4 members (excludes halogenated alkanes) is 1. The Bertz CT molecular complexity index is 501. The van der Waals surface area contributed by atoms with Gasteiger partial charge in [-0.25, -0.2) is 9.38 Å². The predicted molar refractivity (Wildman–Crippen MR) is 87.7 cm³/mol. The molecule has 0 spiro atoms. The van der Waals surface area contributed by atoms with Crippen LogP contribution in [0, 0.1) is 5.82 Å². The van der Waals surface area contributed by atoms with Crippen LogP contribution in [0.5, 0.6) is 0 Å². The van der Waals surface area contributed by atoms with Crippen molar-refractivity contribution in [2.75, 3.05) is 37.7 Å². The number of anilines is 1. The van der Waals surface area contributed by atoms with Gasteiger partial charge < -0.3 is 20.7 Å². The van der Waals surface area contributed by atoms with Crippen LogP contribution in [-0.4, -0.2) is 38.8 Å². The van der Waals surface area contributed by atoms with Gasteiger partial charge in [0.15, 0.2) is 5.96 Å². The van der Waals surface area contributed by atoms with Gasteiger partial charge in [-0.1, -0.05) is 19.4 Å². The number of hydrogen-bond acceptors (Lipinski definition) is 3. The first-order valence-electron chi connectivity index (χ1n) is 7.85. The first-order valence-corrected chi connectivity index (χ1v) is 7.85. The van der Waals surface area contributed by atoms with Gasteiger partial charge in [-0.15, -0.1) is 0 Å². The molecule has 0 saturated carbocycles. The van der Waals surface area contributed by atoms with Crippen LogP contribution in [0.4, 0.5) is 10.1 Å². The maximum absolute atomic E-state index is 14.2. The highest BCUT2D eigenvalue weighted by Gasteiger charge is 2.15. The summed E-state index contributed by atoms with van der Waals surface area (Å²) in [5.41, 5.74) is 7.21. The van der Waals surface area contributed by atoms with E-state index in [2.05, 4.69) is 17.2 Å². The molecule has 1 aliphatic rings. The van der Waals surface area contributed by atoms with E-state index in [-0.39, 0.29) is 5.82 Å². The molecule has 0 atom stereocenters. The van der Waals surface area contributed by atoms with Crippen LogP contribution < -0.4 is 16.0 Å². The SMILES string of the molecule is CCCCNC(N)=NCc1ccc(N2CCOCC2)c(F)c1. The van der Waals surface area contributed by atoms with E-state index in [4.69, 9.17) is 10.5 Å². The van der Waals surface area contributed by atoms with Crippen molar-refractivity contribution in [3.8, 4) is 0 Å². The molecule has 22 heavy (non-hydrogen) atoms. The van der Waals surface area contributed by atoms with E-state index in [0.29, 0.717) is 31.4 Å². The van der Waals surface area contributed by atoms with Crippen molar-refractivity contribution in [2.24, 2.45) is 10.7 Å². The highest BCUT2D eigenvalue weighted by Crippen LogP contribution is 2.21. The summed E-state index contributed by atoms with van der Waals surface area (Å²) < 4.78 is 19.5. The highest BCUT2D eigenvalue weighted by atomic mass is 19.1. The number of nitrogens with one attached hydrogen (secondary N) is 1. The Balaban J connectivity index is 1.92. The maximum Gasteiger partial charge on any atom is 0.188 e. The maximum atomic E-state index is 14.2. The van der Waals surface area contributed by atoms with Crippen LogP contribution in [0.2, 0.25) is 0 Å². The van der Waals surface area contributed by atoms with E-state index in [1.54, 1.807) is 0 Å². The minimum Gasteiger partial charge on any atom is -0.378 e. The van der Waals surface area contributed by atoms with E-state index in [9.17, 15) is 4.39 Å². The third-order valence-electron chi connectivity index (χ3n) is 3.63. The summed E-state index contributed by atoms with van der Waals surface area (Å²) in [7, 11) is 0. The third-order valence-corrected chi connectivity index (χ3v) is 3.63. The lowest BCUT2D eigenvalue weighted by atomic mass is 10.1. The number of benzene rings is 1. The zero-order valence-corrected chi connectivity index (χ0v) is 13.1. The molecular weight excluding hydrogens is 283 g/mol. The molecule has 0 amide bonds. The molecule has 6 heteroatoms. The van der Waals surface area contributed by atoms with Crippen LogP contribution in [-0.2, 0) is 11.3 Å². The zero-order chi connectivity index (χ0) is 15.8. The Morgan fingerprint density at radius 1 is 1.41 bits per heavy atom. The largest absolute Gasteiger partial charge is 0.378 e. The smallest absolute Gasteiger partial charge is 0.188 e. The predicted octanol–water partition coefficient (Wildman–Crippen LogP) is 1.87. The average Bonchev–Trinajstić information content (AvgIpc) is 2.54. The van der Waals surface area contributed by atoms with Crippen LogP contribution in [0.1, 0.15) is 25.3 Å².